The summed E-state index contributed by atoms with van der Waals surface area (Å²) in [5, 5.41) is 12.0. The van der Waals surface area contributed by atoms with E-state index in [0.29, 0.717) is 0 Å². The molecule has 10 aromatic carbocycles. The predicted octanol–water partition coefficient (Wildman–Crippen LogP) is 16.0. The van der Waals surface area contributed by atoms with Crippen LogP contribution in [0.25, 0.3) is 132 Å². The second-order valence-corrected chi connectivity index (χ2v) is 17.3. The van der Waals surface area contributed by atoms with Crippen molar-refractivity contribution in [1.29, 1.82) is 0 Å². The van der Waals surface area contributed by atoms with Gasteiger partial charge in [0.05, 0.1) is 49.8 Å². The van der Waals surface area contributed by atoms with Crippen molar-refractivity contribution in [3.8, 4) is 22.7 Å². The van der Waals surface area contributed by atoms with Crippen LogP contribution in [0.2, 0.25) is 0 Å². The maximum Gasteiger partial charge on any atom is 0.159 e. The number of furan rings is 1. The van der Waals surface area contributed by atoms with Crippen molar-refractivity contribution in [1.82, 2.24) is 18.3 Å². The Hall–Kier alpha value is -8.80. The summed E-state index contributed by atoms with van der Waals surface area (Å²) in [5.41, 5.74) is 15.5. The molecular weight excluding hydrogens is 793 g/mol. The Kier molecular flexibility index (Phi) is 6.89. The number of rotatable bonds is 4. The zero-order chi connectivity index (χ0) is 42.3. The van der Waals surface area contributed by atoms with E-state index >= 15 is 0 Å². The summed E-state index contributed by atoms with van der Waals surface area (Å²) >= 11 is 0. The van der Waals surface area contributed by atoms with Crippen LogP contribution in [0.1, 0.15) is 0 Å². The Labute approximate surface area is 371 Å². The van der Waals surface area contributed by atoms with Crippen molar-refractivity contribution in [2.75, 3.05) is 0 Å². The molecule has 15 aromatic rings. The zero-order valence-electron chi connectivity index (χ0n) is 35.0. The molecule has 0 radical (unpaired) electrons. The molecule has 0 aliphatic heterocycles. The minimum absolute atomic E-state index is 0.857. The van der Waals surface area contributed by atoms with E-state index in [2.05, 4.69) is 237 Å². The fourth-order valence-corrected chi connectivity index (χ4v) is 11.2. The van der Waals surface area contributed by atoms with Crippen LogP contribution in [-0.4, -0.2) is 18.3 Å². The van der Waals surface area contributed by atoms with Crippen LogP contribution in [-0.2, 0) is 0 Å². The topological polar surface area (TPSA) is 32.9 Å². The van der Waals surface area contributed by atoms with Crippen LogP contribution in [0.3, 0.4) is 0 Å². The Morgan fingerprint density at radius 2 is 0.631 bits per heavy atom. The van der Waals surface area contributed by atoms with Gasteiger partial charge in [-0.15, -0.1) is 0 Å². The maximum absolute atomic E-state index is 7.00. The molecule has 65 heavy (non-hydrogen) atoms. The summed E-state index contributed by atoms with van der Waals surface area (Å²) in [6.45, 7) is 0. The van der Waals surface area contributed by atoms with E-state index in [9.17, 15) is 0 Å². The molecule has 0 unspecified atom stereocenters. The highest BCUT2D eigenvalue weighted by Crippen LogP contribution is 2.44. The Morgan fingerprint density at radius 3 is 1.12 bits per heavy atom. The fraction of sp³-hybridized carbons (Fsp3) is 0. The van der Waals surface area contributed by atoms with E-state index in [-0.39, 0.29) is 0 Å². The summed E-state index contributed by atoms with van der Waals surface area (Å²) in [7, 11) is 0. The predicted molar refractivity (Wildman–Crippen MR) is 271 cm³/mol. The van der Waals surface area contributed by atoms with Crippen LogP contribution in [0.5, 0.6) is 0 Å². The lowest BCUT2D eigenvalue weighted by Gasteiger charge is -2.10. The van der Waals surface area contributed by atoms with Crippen LogP contribution >= 0.6 is 0 Å². The van der Waals surface area contributed by atoms with E-state index in [1.807, 2.05) is 0 Å². The molecule has 5 nitrogen and oxygen atoms in total. The minimum Gasteiger partial charge on any atom is -0.454 e. The molecule has 0 amide bonds. The van der Waals surface area contributed by atoms with Crippen molar-refractivity contribution in [3.05, 3.63) is 218 Å². The van der Waals surface area contributed by atoms with Crippen molar-refractivity contribution in [2.45, 2.75) is 0 Å². The Morgan fingerprint density at radius 1 is 0.231 bits per heavy atom. The van der Waals surface area contributed by atoms with E-state index < -0.39 is 0 Å². The van der Waals surface area contributed by atoms with Gasteiger partial charge in [0.2, 0.25) is 0 Å². The van der Waals surface area contributed by atoms with E-state index in [4.69, 9.17) is 4.42 Å². The fourth-order valence-electron chi connectivity index (χ4n) is 11.2. The quantitative estimate of drug-likeness (QED) is 0.174. The molecule has 0 saturated carbocycles. The van der Waals surface area contributed by atoms with Crippen molar-refractivity contribution < 1.29 is 4.42 Å². The van der Waals surface area contributed by atoms with Crippen molar-refractivity contribution in [3.63, 3.8) is 0 Å². The van der Waals surface area contributed by atoms with Gasteiger partial charge in [-0.1, -0.05) is 121 Å². The summed E-state index contributed by atoms with van der Waals surface area (Å²) in [4.78, 5) is 0. The van der Waals surface area contributed by atoms with Gasteiger partial charge in [-0.3, -0.25) is 0 Å². The number of benzene rings is 10. The molecule has 5 heteroatoms. The molecule has 0 atom stereocenters. The van der Waals surface area contributed by atoms with E-state index in [0.717, 1.165) is 61.2 Å². The molecule has 5 aromatic heterocycles. The van der Waals surface area contributed by atoms with Gasteiger partial charge in [0, 0.05) is 70.9 Å². The standard InChI is InChI=1S/C60H36N4O/c1-3-16-37(17-4-1)61-50-25-11-7-20-40(50)45-33-47-42-22-9-13-27-52(42)63(57(47)35-55(45)61)39-30-31-59-49(32-39)44-24-15-29-54(60(44)65-59)64-53-28-14-10-23-43(53)48-34-46-41-21-8-12-26-51(41)62(56(46)36-58(48)64)38-18-5-2-6-19-38/h1-36H. The van der Waals surface area contributed by atoms with E-state index in [1.54, 1.807) is 0 Å². The third-order valence-corrected chi connectivity index (χ3v) is 13.9. The molecule has 0 saturated heterocycles. The number of hydrogen-bond acceptors (Lipinski definition) is 1. The van der Waals surface area contributed by atoms with Gasteiger partial charge >= 0.3 is 0 Å². The third kappa shape index (κ3) is 4.71. The van der Waals surface area contributed by atoms with Gasteiger partial charge in [-0.05, 0) is 97.1 Å². The lowest BCUT2D eigenvalue weighted by molar-refractivity contribution is 0.666. The number of aromatic nitrogens is 4. The maximum atomic E-state index is 7.00. The Balaban J connectivity index is 0.979. The second kappa shape index (κ2) is 12.9. The first-order chi connectivity index (χ1) is 32.3. The average molecular weight is 829 g/mol. The molecule has 0 bridgehead atoms. The lowest BCUT2D eigenvalue weighted by atomic mass is 10.1. The zero-order valence-corrected chi connectivity index (χ0v) is 35.0. The number of nitrogens with zero attached hydrogens (tertiary/aromatic N) is 4. The van der Waals surface area contributed by atoms with Gasteiger partial charge in [-0.25, -0.2) is 0 Å². The molecule has 302 valence electrons. The largest absolute Gasteiger partial charge is 0.454 e. The smallest absolute Gasteiger partial charge is 0.159 e. The van der Waals surface area contributed by atoms with E-state index in [1.165, 1.54) is 70.7 Å². The van der Waals surface area contributed by atoms with Crippen molar-refractivity contribution >= 4 is 109 Å². The molecule has 0 aliphatic rings. The SMILES string of the molecule is c1ccc(-n2c3ccccc3c3cc4c5ccccc5n(-c5ccc6oc7c(-n8c9ccccc9c9cc%10c%11ccccc%11n(-c%11ccccc%11)c%10cc98)cccc7c6c5)c4cc32)cc1. The monoisotopic (exact) mass is 828 g/mol. The van der Waals surface area contributed by atoms with Crippen LogP contribution in [0.15, 0.2) is 223 Å². The molecular formula is C60H36N4O. The highest BCUT2D eigenvalue weighted by Gasteiger charge is 2.23. The summed E-state index contributed by atoms with van der Waals surface area (Å²) < 4.78 is 16.6. The Bertz CT molecular complexity index is 4460. The first-order valence-corrected chi connectivity index (χ1v) is 22.3. The molecule has 0 aliphatic carbocycles. The van der Waals surface area contributed by atoms with Gasteiger partial charge < -0.3 is 22.7 Å². The first-order valence-electron chi connectivity index (χ1n) is 22.3. The van der Waals surface area contributed by atoms with Gasteiger partial charge in [0.1, 0.15) is 5.58 Å². The highest BCUT2D eigenvalue weighted by molar-refractivity contribution is 6.21. The number of para-hydroxylation sites is 7. The third-order valence-electron chi connectivity index (χ3n) is 13.9. The van der Waals surface area contributed by atoms with Gasteiger partial charge in [0.15, 0.2) is 5.58 Å². The van der Waals surface area contributed by atoms with Crippen LogP contribution in [0.4, 0.5) is 0 Å². The first kappa shape index (κ1) is 34.7. The summed E-state index contributed by atoms with van der Waals surface area (Å²) in [6, 6.07) is 79.4. The molecule has 5 heterocycles. The molecule has 15 rings (SSSR count). The lowest BCUT2D eigenvalue weighted by Crippen LogP contribution is -1.96. The normalized spacial score (nSPS) is 12.3. The highest BCUT2D eigenvalue weighted by atomic mass is 16.3. The van der Waals surface area contributed by atoms with Crippen molar-refractivity contribution in [2.24, 2.45) is 0 Å². The minimum atomic E-state index is 0.857. The van der Waals surface area contributed by atoms with Gasteiger partial charge in [0.25, 0.3) is 0 Å². The second-order valence-electron chi connectivity index (χ2n) is 17.3. The van der Waals surface area contributed by atoms with Crippen LogP contribution in [0, 0.1) is 0 Å². The molecule has 0 spiro atoms. The molecule has 0 fully saturated rings. The number of fused-ring (bicyclic) bond motifs is 15. The number of hydrogen-bond donors (Lipinski definition) is 0. The average Bonchev–Trinajstić information content (AvgIpc) is 4.16. The molecule has 0 N–H and O–H groups in total. The van der Waals surface area contributed by atoms with Gasteiger partial charge in [-0.2, -0.15) is 0 Å². The summed E-state index contributed by atoms with van der Waals surface area (Å²) in [6.07, 6.45) is 0. The van der Waals surface area contributed by atoms with Crippen LogP contribution < -0.4 is 0 Å². The summed E-state index contributed by atoms with van der Waals surface area (Å²) in [5.74, 6) is 0.